The predicted molar refractivity (Wildman–Crippen MR) is 79.6 cm³/mol. The molecule has 1 fully saturated rings. The van der Waals surface area contributed by atoms with Crippen molar-refractivity contribution in [3.05, 3.63) is 23.8 Å². The first-order valence-corrected chi connectivity index (χ1v) is 7.37. The molecule has 0 aromatic heterocycles. The molecule has 0 spiro atoms. The first-order chi connectivity index (χ1) is 9.81. The van der Waals surface area contributed by atoms with Crippen LogP contribution < -0.4 is 14.8 Å². The van der Waals surface area contributed by atoms with Crippen LogP contribution in [0.15, 0.2) is 18.2 Å². The van der Waals surface area contributed by atoms with Gasteiger partial charge in [-0.3, -0.25) is 0 Å². The second-order valence-electron chi connectivity index (χ2n) is 5.06. The van der Waals surface area contributed by atoms with Crippen LogP contribution in [0.25, 0.3) is 0 Å². The third-order valence-corrected chi connectivity index (χ3v) is 3.73. The topological polar surface area (TPSA) is 39.7 Å². The second kappa shape index (κ2) is 7.50. The highest BCUT2D eigenvalue weighted by atomic mass is 16.5. The first kappa shape index (κ1) is 15.1. The zero-order valence-electron chi connectivity index (χ0n) is 12.6. The maximum Gasteiger partial charge on any atom is 0.127 e. The summed E-state index contributed by atoms with van der Waals surface area (Å²) < 4.78 is 17.0. The molecule has 0 saturated carbocycles. The average molecular weight is 279 g/mol. The highest BCUT2D eigenvalue weighted by Crippen LogP contribution is 2.38. The van der Waals surface area contributed by atoms with E-state index in [0.717, 1.165) is 49.5 Å². The molecule has 2 atom stereocenters. The number of hydrogen-bond donors (Lipinski definition) is 1. The maximum absolute atomic E-state index is 5.89. The van der Waals surface area contributed by atoms with Crippen LogP contribution in [0.3, 0.4) is 0 Å². The van der Waals surface area contributed by atoms with Crippen molar-refractivity contribution in [2.75, 3.05) is 27.4 Å². The molecule has 0 amide bonds. The normalized spacial score (nSPS) is 19.9. The molecule has 2 unspecified atom stereocenters. The number of methoxy groups -OCH3 is 2. The van der Waals surface area contributed by atoms with E-state index in [2.05, 4.69) is 12.2 Å². The monoisotopic (exact) mass is 279 g/mol. The third-order valence-electron chi connectivity index (χ3n) is 3.73. The van der Waals surface area contributed by atoms with E-state index in [4.69, 9.17) is 14.2 Å². The van der Waals surface area contributed by atoms with Crippen molar-refractivity contribution in [2.45, 2.75) is 38.3 Å². The van der Waals surface area contributed by atoms with Crippen molar-refractivity contribution < 1.29 is 14.2 Å². The van der Waals surface area contributed by atoms with Gasteiger partial charge in [-0.1, -0.05) is 13.0 Å². The number of benzene rings is 1. The lowest BCUT2D eigenvalue weighted by Gasteiger charge is -2.27. The SMILES string of the molecule is CCCNC(c1c(OC)cccc1OC)C1CCCO1. The van der Waals surface area contributed by atoms with Crippen LogP contribution in [-0.2, 0) is 4.74 Å². The summed E-state index contributed by atoms with van der Waals surface area (Å²) in [6.45, 7) is 3.96. The molecule has 0 aliphatic carbocycles. The lowest BCUT2D eigenvalue weighted by Crippen LogP contribution is -2.32. The van der Waals surface area contributed by atoms with E-state index in [9.17, 15) is 0 Å². The Morgan fingerprint density at radius 1 is 1.30 bits per heavy atom. The van der Waals surface area contributed by atoms with Crippen molar-refractivity contribution in [2.24, 2.45) is 0 Å². The molecule has 1 aromatic rings. The molecule has 20 heavy (non-hydrogen) atoms. The standard InChI is InChI=1S/C16H25NO3/c1-4-10-17-16(14-9-6-11-20-14)15-12(18-2)7-5-8-13(15)19-3/h5,7-8,14,16-17H,4,6,9-11H2,1-3H3. The number of rotatable bonds is 7. The van der Waals surface area contributed by atoms with Crippen molar-refractivity contribution in [3.8, 4) is 11.5 Å². The van der Waals surface area contributed by atoms with Gasteiger partial charge in [-0.25, -0.2) is 0 Å². The molecule has 1 aromatic carbocycles. The van der Waals surface area contributed by atoms with Gasteiger partial charge in [-0.15, -0.1) is 0 Å². The summed E-state index contributed by atoms with van der Waals surface area (Å²) in [6.07, 6.45) is 3.46. The number of hydrogen-bond acceptors (Lipinski definition) is 4. The van der Waals surface area contributed by atoms with Crippen LogP contribution in [0, 0.1) is 0 Å². The average Bonchev–Trinajstić information content (AvgIpc) is 3.01. The largest absolute Gasteiger partial charge is 0.496 e. The van der Waals surface area contributed by atoms with E-state index in [1.165, 1.54) is 0 Å². The van der Waals surface area contributed by atoms with Gasteiger partial charge in [0.2, 0.25) is 0 Å². The van der Waals surface area contributed by atoms with E-state index < -0.39 is 0 Å². The van der Waals surface area contributed by atoms with E-state index in [1.807, 2.05) is 18.2 Å². The van der Waals surface area contributed by atoms with E-state index in [-0.39, 0.29) is 12.1 Å². The molecule has 1 aliphatic rings. The Hall–Kier alpha value is -1.26. The molecule has 4 heteroatoms. The summed E-state index contributed by atoms with van der Waals surface area (Å²) in [5.41, 5.74) is 1.07. The van der Waals surface area contributed by atoms with Crippen molar-refractivity contribution in [1.29, 1.82) is 0 Å². The molecule has 1 saturated heterocycles. The highest BCUT2D eigenvalue weighted by Gasteiger charge is 2.31. The van der Waals surface area contributed by atoms with Crippen LogP contribution in [0.4, 0.5) is 0 Å². The van der Waals surface area contributed by atoms with Crippen molar-refractivity contribution in [3.63, 3.8) is 0 Å². The minimum Gasteiger partial charge on any atom is -0.496 e. The Bertz CT molecular complexity index is 394. The molecule has 1 heterocycles. The van der Waals surface area contributed by atoms with E-state index in [1.54, 1.807) is 14.2 Å². The van der Waals surface area contributed by atoms with Gasteiger partial charge in [0.1, 0.15) is 11.5 Å². The van der Waals surface area contributed by atoms with Crippen LogP contribution in [0.5, 0.6) is 11.5 Å². The number of ether oxygens (including phenoxy) is 3. The molecular formula is C16H25NO3. The van der Waals surface area contributed by atoms with Gasteiger partial charge >= 0.3 is 0 Å². The van der Waals surface area contributed by atoms with Gasteiger partial charge in [-0.05, 0) is 37.9 Å². The molecule has 1 N–H and O–H groups in total. The Labute approximate surface area is 121 Å². The van der Waals surface area contributed by atoms with Crippen LogP contribution in [-0.4, -0.2) is 33.5 Å². The zero-order chi connectivity index (χ0) is 14.4. The van der Waals surface area contributed by atoms with Crippen LogP contribution in [0.1, 0.15) is 37.8 Å². The molecule has 1 aliphatic heterocycles. The zero-order valence-corrected chi connectivity index (χ0v) is 12.6. The summed E-state index contributed by atoms with van der Waals surface area (Å²) in [6, 6.07) is 6.03. The fourth-order valence-electron chi connectivity index (χ4n) is 2.77. The highest BCUT2D eigenvalue weighted by molar-refractivity contribution is 5.47. The second-order valence-corrected chi connectivity index (χ2v) is 5.06. The summed E-state index contributed by atoms with van der Waals surface area (Å²) in [7, 11) is 3.40. The Morgan fingerprint density at radius 2 is 2.00 bits per heavy atom. The van der Waals surface area contributed by atoms with Crippen molar-refractivity contribution in [1.82, 2.24) is 5.32 Å². The smallest absolute Gasteiger partial charge is 0.127 e. The van der Waals surface area contributed by atoms with E-state index in [0.29, 0.717) is 0 Å². The summed E-state index contributed by atoms with van der Waals surface area (Å²) in [4.78, 5) is 0. The number of nitrogens with one attached hydrogen (secondary N) is 1. The van der Waals surface area contributed by atoms with Crippen molar-refractivity contribution >= 4 is 0 Å². The quantitative estimate of drug-likeness (QED) is 0.833. The van der Waals surface area contributed by atoms with Gasteiger partial charge < -0.3 is 19.5 Å². The third kappa shape index (κ3) is 3.25. The van der Waals surface area contributed by atoms with Gasteiger partial charge in [0.05, 0.1) is 31.9 Å². The van der Waals surface area contributed by atoms with Gasteiger partial charge in [0, 0.05) is 6.61 Å². The van der Waals surface area contributed by atoms with E-state index >= 15 is 0 Å². The predicted octanol–water partition coefficient (Wildman–Crippen LogP) is 2.92. The molecule has 4 nitrogen and oxygen atoms in total. The van der Waals surface area contributed by atoms with Crippen LogP contribution >= 0.6 is 0 Å². The Kier molecular flexibility index (Phi) is 5.68. The minimum atomic E-state index is 0.114. The first-order valence-electron chi connectivity index (χ1n) is 7.37. The molecule has 2 rings (SSSR count). The Morgan fingerprint density at radius 3 is 2.50 bits per heavy atom. The van der Waals surface area contributed by atoms with Crippen LogP contribution in [0.2, 0.25) is 0 Å². The summed E-state index contributed by atoms with van der Waals surface area (Å²) in [5.74, 6) is 1.71. The maximum atomic E-state index is 5.89. The van der Waals surface area contributed by atoms with Gasteiger partial charge in [0.25, 0.3) is 0 Å². The molecule has 0 radical (unpaired) electrons. The van der Waals surface area contributed by atoms with Gasteiger partial charge in [0.15, 0.2) is 0 Å². The fourth-order valence-corrected chi connectivity index (χ4v) is 2.77. The fraction of sp³-hybridized carbons (Fsp3) is 0.625. The molecule has 0 bridgehead atoms. The molecule has 112 valence electrons. The van der Waals surface area contributed by atoms with Gasteiger partial charge in [-0.2, -0.15) is 0 Å². The lowest BCUT2D eigenvalue weighted by molar-refractivity contribution is 0.0765. The lowest BCUT2D eigenvalue weighted by atomic mass is 9.97. The minimum absolute atomic E-state index is 0.114. The summed E-state index contributed by atoms with van der Waals surface area (Å²) >= 11 is 0. The summed E-state index contributed by atoms with van der Waals surface area (Å²) in [5, 5.41) is 3.59. The molecular weight excluding hydrogens is 254 g/mol. The Balaban J connectivity index is 2.35.